The third-order valence-corrected chi connectivity index (χ3v) is 7.43. The van der Waals surface area contributed by atoms with E-state index in [2.05, 4.69) is 34.8 Å². The minimum absolute atomic E-state index is 0.142. The zero-order chi connectivity index (χ0) is 26.1. The quantitative estimate of drug-likeness (QED) is 0.218. The van der Waals surface area contributed by atoms with Gasteiger partial charge in [0, 0.05) is 34.6 Å². The maximum atomic E-state index is 13.0. The second kappa shape index (κ2) is 10.2. The van der Waals surface area contributed by atoms with Crippen molar-refractivity contribution in [3.8, 4) is 5.75 Å². The molecule has 1 aromatic heterocycles. The molecule has 2 aliphatic heterocycles. The van der Waals surface area contributed by atoms with Gasteiger partial charge in [0.25, 0.3) is 5.91 Å². The van der Waals surface area contributed by atoms with Gasteiger partial charge in [-0.15, -0.1) is 0 Å². The van der Waals surface area contributed by atoms with E-state index in [1.54, 1.807) is 11.0 Å². The molecule has 0 atom stereocenters. The number of benzene rings is 3. The Bertz CT molecular complexity index is 1650. The van der Waals surface area contributed by atoms with Gasteiger partial charge in [0.2, 0.25) is 0 Å². The number of amides is 1. The van der Waals surface area contributed by atoms with Crippen molar-refractivity contribution in [1.29, 1.82) is 5.41 Å². The van der Waals surface area contributed by atoms with Gasteiger partial charge in [0.15, 0.2) is 5.17 Å². The van der Waals surface area contributed by atoms with Gasteiger partial charge in [-0.2, -0.15) is 4.99 Å². The smallest absolute Gasteiger partial charge is 0.283 e. The van der Waals surface area contributed by atoms with Crippen molar-refractivity contribution in [3.05, 3.63) is 113 Å². The molecule has 4 aromatic rings. The van der Waals surface area contributed by atoms with Crippen LogP contribution in [0.15, 0.2) is 101 Å². The number of carbonyl (C=O) groups is 1. The molecule has 2 aliphatic rings. The second-order valence-corrected chi connectivity index (χ2v) is 10.1. The highest BCUT2D eigenvalue weighted by Crippen LogP contribution is 2.37. The fourth-order valence-corrected chi connectivity index (χ4v) is 5.66. The van der Waals surface area contributed by atoms with Crippen LogP contribution >= 0.6 is 11.8 Å². The Morgan fingerprint density at radius 2 is 1.84 bits per heavy atom. The van der Waals surface area contributed by atoms with Crippen LogP contribution in [0.2, 0.25) is 0 Å². The van der Waals surface area contributed by atoms with Gasteiger partial charge >= 0.3 is 0 Å². The lowest BCUT2D eigenvalue weighted by molar-refractivity contribution is -0.114. The minimum Gasteiger partial charge on any atom is -0.494 e. The first-order valence-corrected chi connectivity index (χ1v) is 13.4. The number of nitrogens with one attached hydrogen (secondary N) is 1. The van der Waals surface area contributed by atoms with E-state index in [-0.39, 0.29) is 17.3 Å². The summed E-state index contributed by atoms with van der Waals surface area (Å²) in [6.07, 6.45) is 4.69. The number of aliphatic imine (C=N–C) groups is 1. The summed E-state index contributed by atoms with van der Waals surface area (Å²) in [7, 11) is 0. The van der Waals surface area contributed by atoms with E-state index in [4.69, 9.17) is 10.1 Å². The number of aryl methyl sites for hydroxylation is 2. The van der Waals surface area contributed by atoms with Gasteiger partial charge < -0.3 is 9.30 Å². The number of ether oxygens (including phenoxy) is 1. The summed E-state index contributed by atoms with van der Waals surface area (Å²) in [4.78, 5) is 19.1. The first kappa shape index (κ1) is 24.0. The monoisotopic (exact) mass is 518 g/mol. The van der Waals surface area contributed by atoms with E-state index >= 15 is 0 Å². The molecule has 0 radical (unpaired) electrons. The highest BCUT2D eigenvalue weighted by atomic mass is 32.2. The van der Waals surface area contributed by atoms with Gasteiger partial charge in [-0.25, -0.2) is 0 Å². The number of amidine groups is 2. The Kier molecular flexibility index (Phi) is 6.43. The lowest BCUT2D eigenvalue weighted by Crippen LogP contribution is -2.37. The van der Waals surface area contributed by atoms with Crippen molar-refractivity contribution in [3.63, 3.8) is 0 Å². The molecule has 0 saturated carbocycles. The summed E-state index contributed by atoms with van der Waals surface area (Å²) in [5.74, 6) is 0.634. The van der Waals surface area contributed by atoms with Crippen LogP contribution in [0.25, 0.3) is 22.7 Å². The molecule has 0 aliphatic carbocycles. The number of aromatic nitrogens is 1. The molecule has 0 fully saturated rings. The normalized spacial score (nSPS) is 16.1. The molecule has 0 bridgehead atoms. The zero-order valence-electron chi connectivity index (χ0n) is 20.9. The standard InChI is InChI=1S/C31H26N4O2S/c1-21-9-7-12-24(17-21)37-16-8-15-34-19-23(25-13-5-6-14-27(25)34)18-26-29(32)35-28(22-10-3-2-4-11-22)20-38-31(35)33-30(26)36/h2-7,9-14,17-20,32H,8,15-16H2,1H3. The van der Waals surface area contributed by atoms with Crippen molar-refractivity contribution in [2.75, 3.05) is 6.61 Å². The summed E-state index contributed by atoms with van der Waals surface area (Å²) >= 11 is 1.37. The second-order valence-electron chi connectivity index (χ2n) is 9.24. The van der Waals surface area contributed by atoms with Crippen LogP contribution in [0.3, 0.4) is 0 Å². The Labute approximate surface area is 225 Å². The van der Waals surface area contributed by atoms with Crippen molar-refractivity contribution in [1.82, 2.24) is 9.47 Å². The molecular weight excluding hydrogens is 492 g/mol. The van der Waals surface area contributed by atoms with Crippen LogP contribution in [0.1, 0.15) is 23.1 Å². The summed E-state index contributed by atoms with van der Waals surface area (Å²) in [6, 6.07) is 26.1. The average Bonchev–Trinajstić information content (AvgIpc) is 3.51. The molecule has 0 spiro atoms. The maximum absolute atomic E-state index is 13.0. The van der Waals surface area contributed by atoms with Crippen molar-refractivity contribution < 1.29 is 9.53 Å². The predicted molar refractivity (Wildman–Crippen MR) is 155 cm³/mol. The van der Waals surface area contributed by atoms with E-state index in [9.17, 15) is 4.79 Å². The Balaban J connectivity index is 1.26. The number of rotatable bonds is 7. The van der Waals surface area contributed by atoms with Crippen molar-refractivity contribution in [2.24, 2.45) is 4.99 Å². The van der Waals surface area contributed by atoms with E-state index in [0.717, 1.165) is 46.4 Å². The Morgan fingerprint density at radius 3 is 2.68 bits per heavy atom. The molecule has 0 saturated heterocycles. The highest BCUT2D eigenvalue weighted by Gasteiger charge is 2.36. The van der Waals surface area contributed by atoms with Crippen molar-refractivity contribution in [2.45, 2.75) is 19.9 Å². The average molecular weight is 519 g/mol. The molecule has 188 valence electrons. The summed E-state index contributed by atoms with van der Waals surface area (Å²) in [6.45, 7) is 3.43. The third-order valence-electron chi connectivity index (χ3n) is 6.60. The molecule has 0 unspecified atom stereocenters. The molecule has 1 N–H and O–H groups in total. The summed E-state index contributed by atoms with van der Waals surface area (Å²) in [5.41, 5.74) is 5.26. The first-order chi connectivity index (χ1) is 18.6. The first-order valence-electron chi connectivity index (χ1n) is 12.5. The number of fused-ring (bicyclic) bond motifs is 2. The minimum atomic E-state index is -0.389. The summed E-state index contributed by atoms with van der Waals surface area (Å²) < 4.78 is 8.13. The number of hydrogen-bond acceptors (Lipinski definition) is 4. The number of para-hydroxylation sites is 1. The highest BCUT2D eigenvalue weighted by molar-refractivity contribution is 8.17. The van der Waals surface area contributed by atoms with E-state index in [1.807, 2.05) is 72.1 Å². The Hall–Kier alpha value is -4.36. The van der Waals surface area contributed by atoms with Crippen LogP contribution in [-0.4, -0.2) is 33.0 Å². The molecule has 1 amide bonds. The molecule has 3 heterocycles. The van der Waals surface area contributed by atoms with Crippen LogP contribution in [0.5, 0.6) is 5.75 Å². The summed E-state index contributed by atoms with van der Waals surface area (Å²) in [5, 5.41) is 12.5. The van der Waals surface area contributed by atoms with Crippen LogP contribution in [-0.2, 0) is 11.3 Å². The third kappa shape index (κ3) is 4.57. The fourth-order valence-electron chi connectivity index (χ4n) is 4.78. The topological polar surface area (TPSA) is 70.7 Å². The molecule has 7 heteroatoms. The van der Waals surface area contributed by atoms with Crippen molar-refractivity contribution >= 4 is 51.3 Å². The number of thioether (sulfide) groups is 1. The molecular formula is C31H26N4O2S. The van der Waals surface area contributed by atoms with Gasteiger partial charge in [-0.1, -0.05) is 72.4 Å². The predicted octanol–water partition coefficient (Wildman–Crippen LogP) is 6.72. The molecule has 38 heavy (non-hydrogen) atoms. The van der Waals surface area contributed by atoms with Crippen LogP contribution in [0.4, 0.5) is 0 Å². The zero-order valence-corrected chi connectivity index (χ0v) is 21.7. The lowest BCUT2D eigenvalue weighted by atomic mass is 10.1. The van der Waals surface area contributed by atoms with E-state index < -0.39 is 0 Å². The molecule has 6 rings (SSSR count). The SMILES string of the molecule is Cc1cccc(OCCCn2cc(C=C3C(=N)N4C(c5ccccc5)=CSC4=NC3=O)c3ccccc32)c1. The van der Waals surface area contributed by atoms with Crippen LogP contribution < -0.4 is 4.74 Å². The van der Waals surface area contributed by atoms with E-state index in [0.29, 0.717) is 11.8 Å². The van der Waals surface area contributed by atoms with Crippen LogP contribution in [0, 0.1) is 12.3 Å². The van der Waals surface area contributed by atoms with Gasteiger partial charge in [-0.3, -0.25) is 15.1 Å². The van der Waals surface area contributed by atoms with Gasteiger partial charge in [-0.05, 0) is 48.7 Å². The number of nitrogens with zero attached hydrogens (tertiary/aromatic N) is 3. The lowest BCUT2D eigenvalue weighted by Gasteiger charge is -2.26. The number of hydrogen-bond donors (Lipinski definition) is 1. The van der Waals surface area contributed by atoms with E-state index in [1.165, 1.54) is 17.3 Å². The van der Waals surface area contributed by atoms with Gasteiger partial charge in [0.05, 0.1) is 17.9 Å². The Morgan fingerprint density at radius 1 is 1.03 bits per heavy atom. The number of carbonyl (C=O) groups excluding carboxylic acids is 1. The largest absolute Gasteiger partial charge is 0.494 e. The maximum Gasteiger partial charge on any atom is 0.283 e. The molecule has 6 nitrogen and oxygen atoms in total. The van der Waals surface area contributed by atoms with Gasteiger partial charge in [0.1, 0.15) is 11.6 Å². The fraction of sp³-hybridized carbons (Fsp3) is 0.129. The molecule has 3 aromatic carbocycles.